The summed E-state index contributed by atoms with van der Waals surface area (Å²) in [6, 6.07) is 17.6. The Morgan fingerprint density at radius 3 is 2.06 bits per heavy atom. The molecule has 164 valence electrons. The van der Waals surface area contributed by atoms with Gasteiger partial charge in [-0.1, -0.05) is 60.7 Å². The molecule has 1 aliphatic rings. The molecule has 0 bridgehead atoms. The topological polar surface area (TPSA) is 102 Å². The molecule has 0 saturated carbocycles. The number of aliphatic carboxylic acids is 1. The molecule has 1 aliphatic heterocycles. The number of amides is 1. The van der Waals surface area contributed by atoms with Crippen molar-refractivity contribution in [2.45, 2.75) is 38.2 Å². The Labute approximate surface area is 180 Å². The van der Waals surface area contributed by atoms with Gasteiger partial charge in [0, 0.05) is 6.42 Å². The van der Waals surface area contributed by atoms with Crippen molar-refractivity contribution in [3.05, 3.63) is 71.8 Å². The second-order valence-corrected chi connectivity index (χ2v) is 7.17. The molecule has 1 saturated heterocycles. The normalized spacial score (nSPS) is 17.9. The number of benzene rings is 2. The molecule has 0 aliphatic carbocycles. The van der Waals surface area contributed by atoms with Gasteiger partial charge in [0.15, 0.2) is 0 Å². The molecule has 1 amide bonds. The first-order valence-electron chi connectivity index (χ1n) is 10.0. The molecule has 0 radical (unpaired) electrons. The summed E-state index contributed by atoms with van der Waals surface area (Å²) in [5.41, 5.74) is 1.66. The van der Waals surface area contributed by atoms with Crippen molar-refractivity contribution >= 4 is 18.0 Å². The zero-order chi connectivity index (χ0) is 22.1. The fourth-order valence-corrected chi connectivity index (χ4v) is 3.28. The number of hydrogen-bond donors (Lipinski definition) is 1. The van der Waals surface area contributed by atoms with Crippen LogP contribution in [0.1, 0.15) is 24.0 Å². The minimum atomic E-state index is -0.976. The second kappa shape index (κ2) is 11.1. The van der Waals surface area contributed by atoms with E-state index in [2.05, 4.69) is 0 Å². The van der Waals surface area contributed by atoms with Crippen molar-refractivity contribution in [1.29, 1.82) is 0 Å². The molecule has 2 atom stereocenters. The summed E-state index contributed by atoms with van der Waals surface area (Å²) >= 11 is 0. The molecule has 1 N–H and O–H groups in total. The maximum atomic E-state index is 12.7. The lowest BCUT2D eigenvalue weighted by atomic mass is 10.2. The van der Waals surface area contributed by atoms with E-state index in [0.717, 1.165) is 11.1 Å². The van der Waals surface area contributed by atoms with E-state index in [9.17, 15) is 14.4 Å². The number of nitrogens with zero attached hydrogens (tertiary/aromatic N) is 1. The third-order valence-corrected chi connectivity index (χ3v) is 4.87. The third-order valence-electron chi connectivity index (χ3n) is 4.87. The van der Waals surface area contributed by atoms with Crippen LogP contribution in [0.5, 0.6) is 0 Å². The molecule has 1 fully saturated rings. The fourth-order valence-electron chi connectivity index (χ4n) is 3.28. The zero-order valence-electron chi connectivity index (χ0n) is 17.0. The van der Waals surface area contributed by atoms with E-state index >= 15 is 0 Å². The monoisotopic (exact) mass is 427 g/mol. The molecular formula is C23H25NO7. The van der Waals surface area contributed by atoms with Crippen LogP contribution in [0.4, 0.5) is 4.79 Å². The number of ether oxygens (including phenoxy) is 3. The Bertz CT molecular complexity index is 809. The first kappa shape index (κ1) is 22.3. The van der Waals surface area contributed by atoms with Gasteiger partial charge in [-0.3, -0.25) is 9.69 Å². The average Bonchev–Trinajstić information content (AvgIpc) is 3.21. The van der Waals surface area contributed by atoms with Crippen LogP contribution in [0.15, 0.2) is 60.7 Å². The average molecular weight is 427 g/mol. The summed E-state index contributed by atoms with van der Waals surface area (Å²) in [4.78, 5) is 37.4. The maximum Gasteiger partial charge on any atom is 0.410 e. The number of rotatable bonds is 9. The predicted octanol–water partition coefficient (Wildman–Crippen LogP) is 3.00. The number of likely N-dealkylation sites (tertiary alicyclic amines) is 1. The van der Waals surface area contributed by atoms with Gasteiger partial charge in [-0.15, -0.1) is 0 Å². The largest absolute Gasteiger partial charge is 0.481 e. The van der Waals surface area contributed by atoms with Crippen LogP contribution in [0, 0.1) is 0 Å². The molecule has 2 aromatic rings. The van der Waals surface area contributed by atoms with Crippen LogP contribution in [0.25, 0.3) is 0 Å². The lowest BCUT2D eigenvalue weighted by Crippen LogP contribution is -2.41. The third kappa shape index (κ3) is 6.82. The smallest absolute Gasteiger partial charge is 0.410 e. The molecule has 0 unspecified atom stereocenters. The second-order valence-electron chi connectivity index (χ2n) is 7.17. The van der Waals surface area contributed by atoms with Gasteiger partial charge >= 0.3 is 18.0 Å². The Balaban J connectivity index is 1.61. The summed E-state index contributed by atoms with van der Waals surface area (Å²) in [5.74, 6) is -1.53. The number of carbonyl (C=O) groups excluding carboxylic acids is 2. The minimum absolute atomic E-state index is 0.00130. The quantitative estimate of drug-likeness (QED) is 0.614. The van der Waals surface area contributed by atoms with Crippen molar-refractivity contribution in [3.8, 4) is 0 Å². The van der Waals surface area contributed by atoms with E-state index in [-0.39, 0.29) is 39.2 Å². The summed E-state index contributed by atoms with van der Waals surface area (Å²) in [6.07, 6.45) is -1.06. The number of carbonyl (C=O) groups is 3. The van der Waals surface area contributed by atoms with Gasteiger partial charge in [-0.25, -0.2) is 9.59 Å². The van der Waals surface area contributed by atoms with Crippen molar-refractivity contribution in [3.63, 3.8) is 0 Å². The SMILES string of the molecule is O=C(O)CCO[C@H]1C[C@@H](C(=O)OCc2ccccc2)N(C(=O)OCc2ccccc2)C1. The minimum Gasteiger partial charge on any atom is -0.481 e. The van der Waals surface area contributed by atoms with Crippen LogP contribution in [0.2, 0.25) is 0 Å². The fraction of sp³-hybridized carbons (Fsp3) is 0.348. The van der Waals surface area contributed by atoms with Gasteiger partial charge in [0.05, 0.1) is 25.7 Å². The number of hydrogen-bond acceptors (Lipinski definition) is 6. The van der Waals surface area contributed by atoms with Gasteiger partial charge in [0.1, 0.15) is 19.3 Å². The first-order chi connectivity index (χ1) is 15.0. The lowest BCUT2D eigenvalue weighted by molar-refractivity contribution is -0.150. The highest BCUT2D eigenvalue weighted by Crippen LogP contribution is 2.24. The lowest BCUT2D eigenvalue weighted by Gasteiger charge is -2.22. The molecule has 1 heterocycles. The van der Waals surface area contributed by atoms with Crippen molar-refractivity contribution in [2.24, 2.45) is 0 Å². The summed E-state index contributed by atoms with van der Waals surface area (Å²) in [6.45, 7) is 0.289. The summed E-state index contributed by atoms with van der Waals surface area (Å²) in [5, 5.41) is 8.79. The van der Waals surface area contributed by atoms with Crippen LogP contribution in [0.3, 0.4) is 0 Å². The Morgan fingerprint density at radius 2 is 1.48 bits per heavy atom. The van der Waals surface area contributed by atoms with E-state index in [1.165, 1.54) is 4.90 Å². The standard InChI is InChI=1S/C23H25NO7/c25-21(26)11-12-29-19-13-20(22(27)30-15-17-7-3-1-4-8-17)24(14-19)23(28)31-16-18-9-5-2-6-10-18/h1-10,19-20H,11-16H2,(H,25,26)/t19-,20-/m0/s1. The van der Waals surface area contributed by atoms with Crippen LogP contribution in [-0.2, 0) is 37.0 Å². The molecule has 3 rings (SSSR count). The van der Waals surface area contributed by atoms with Crippen LogP contribution in [-0.4, -0.2) is 53.3 Å². The molecule has 0 spiro atoms. The molecule has 0 aromatic heterocycles. The maximum absolute atomic E-state index is 12.7. The molecular weight excluding hydrogens is 402 g/mol. The van der Waals surface area contributed by atoms with Gasteiger partial charge in [-0.05, 0) is 11.1 Å². The predicted molar refractivity (Wildman–Crippen MR) is 110 cm³/mol. The van der Waals surface area contributed by atoms with Gasteiger partial charge in [0.25, 0.3) is 0 Å². The molecule has 2 aromatic carbocycles. The van der Waals surface area contributed by atoms with E-state index in [4.69, 9.17) is 19.3 Å². The van der Waals surface area contributed by atoms with Gasteiger partial charge < -0.3 is 19.3 Å². The van der Waals surface area contributed by atoms with E-state index in [1.807, 2.05) is 60.7 Å². The first-order valence-corrected chi connectivity index (χ1v) is 10.0. The molecule has 8 nitrogen and oxygen atoms in total. The highest BCUT2D eigenvalue weighted by atomic mass is 16.6. The van der Waals surface area contributed by atoms with Crippen LogP contribution >= 0.6 is 0 Å². The van der Waals surface area contributed by atoms with Crippen molar-refractivity contribution in [1.82, 2.24) is 4.90 Å². The number of esters is 1. The Kier molecular flexibility index (Phi) is 8.00. The Morgan fingerprint density at radius 1 is 0.903 bits per heavy atom. The van der Waals surface area contributed by atoms with Gasteiger partial charge in [0.2, 0.25) is 0 Å². The highest BCUT2D eigenvalue weighted by Gasteiger charge is 2.42. The van der Waals surface area contributed by atoms with E-state index in [0.29, 0.717) is 0 Å². The van der Waals surface area contributed by atoms with E-state index in [1.54, 1.807) is 0 Å². The summed E-state index contributed by atoms with van der Waals surface area (Å²) in [7, 11) is 0. The molecule has 8 heteroatoms. The van der Waals surface area contributed by atoms with Crippen molar-refractivity contribution < 1.29 is 33.7 Å². The summed E-state index contributed by atoms with van der Waals surface area (Å²) < 4.78 is 16.3. The highest BCUT2D eigenvalue weighted by molar-refractivity contribution is 5.82. The number of carboxylic acids is 1. The van der Waals surface area contributed by atoms with Crippen LogP contribution < -0.4 is 0 Å². The number of carboxylic acid groups (broad SMARTS) is 1. The van der Waals surface area contributed by atoms with E-state index < -0.39 is 30.2 Å². The zero-order valence-corrected chi connectivity index (χ0v) is 17.0. The van der Waals surface area contributed by atoms with Gasteiger partial charge in [-0.2, -0.15) is 0 Å². The molecule has 31 heavy (non-hydrogen) atoms. The van der Waals surface area contributed by atoms with Crippen molar-refractivity contribution in [2.75, 3.05) is 13.2 Å². The Hall–Kier alpha value is -3.39.